The van der Waals surface area contributed by atoms with Crippen LogP contribution in [0.5, 0.6) is 0 Å². The van der Waals surface area contributed by atoms with Gasteiger partial charge in [0.25, 0.3) is 5.91 Å². The summed E-state index contributed by atoms with van der Waals surface area (Å²) in [7, 11) is 0. The maximum Gasteiger partial charge on any atom is 0.305 e. The van der Waals surface area contributed by atoms with Crippen LogP contribution in [0, 0.1) is 12.7 Å². The van der Waals surface area contributed by atoms with Crippen LogP contribution in [0.4, 0.5) is 4.39 Å². The third-order valence-electron chi connectivity index (χ3n) is 3.85. The number of rotatable bonds is 5. The topological polar surface area (TPSA) is 84.2 Å². The monoisotopic (exact) mass is 347 g/mol. The van der Waals surface area contributed by atoms with E-state index >= 15 is 0 Å². The second kappa shape index (κ2) is 7.04. The van der Waals surface area contributed by atoms with Crippen LogP contribution in [0.25, 0.3) is 0 Å². The Hall–Kier alpha value is -2.70. The minimum absolute atomic E-state index is 0.278. The quantitative estimate of drug-likeness (QED) is 0.871. The van der Waals surface area contributed by atoms with E-state index in [1.807, 2.05) is 20.8 Å². The number of benzene rings is 1. The van der Waals surface area contributed by atoms with Crippen molar-refractivity contribution >= 4 is 11.9 Å². The van der Waals surface area contributed by atoms with Crippen molar-refractivity contribution in [3.8, 4) is 0 Å². The van der Waals surface area contributed by atoms with Gasteiger partial charge in [-0.15, -0.1) is 0 Å². The summed E-state index contributed by atoms with van der Waals surface area (Å²) >= 11 is 0. The fraction of sp³-hybridized carbons (Fsp3) is 0.389. The number of carboxylic acid groups (broad SMARTS) is 1. The van der Waals surface area contributed by atoms with E-state index in [-0.39, 0.29) is 12.0 Å². The minimum atomic E-state index is -1.06. The number of hydrogen-bond acceptors (Lipinski definition) is 3. The Bertz CT molecular complexity index is 776. The van der Waals surface area contributed by atoms with Gasteiger partial charge < -0.3 is 10.4 Å². The van der Waals surface area contributed by atoms with E-state index in [0.29, 0.717) is 16.8 Å². The molecule has 0 spiro atoms. The highest BCUT2D eigenvalue weighted by atomic mass is 19.1. The summed E-state index contributed by atoms with van der Waals surface area (Å²) < 4.78 is 14.8. The lowest BCUT2D eigenvalue weighted by Gasteiger charge is -2.22. The third-order valence-corrected chi connectivity index (χ3v) is 3.85. The van der Waals surface area contributed by atoms with E-state index in [4.69, 9.17) is 5.11 Å². The normalized spacial score (nSPS) is 12.7. The number of aliphatic carboxylic acids is 1. The van der Waals surface area contributed by atoms with Crippen molar-refractivity contribution in [1.82, 2.24) is 15.1 Å². The summed E-state index contributed by atoms with van der Waals surface area (Å²) in [5.41, 5.74) is 1.32. The van der Waals surface area contributed by atoms with Gasteiger partial charge in [0.1, 0.15) is 5.82 Å². The molecule has 0 radical (unpaired) electrons. The van der Waals surface area contributed by atoms with Gasteiger partial charge in [-0.1, -0.05) is 12.1 Å². The number of nitrogens with zero attached hydrogens (tertiary/aromatic N) is 2. The van der Waals surface area contributed by atoms with Crippen molar-refractivity contribution in [2.75, 3.05) is 0 Å². The lowest BCUT2D eigenvalue weighted by Crippen LogP contribution is -2.31. The van der Waals surface area contributed by atoms with Gasteiger partial charge in [0.2, 0.25) is 0 Å². The molecule has 0 fully saturated rings. The Kier molecular flexibility index (Phi) is 5.25. The number of nitrogens with one attached hydrogen (secondary N) is 1. The summed E-state index contributed by atoms with van der Waals surface area (Å²) in [6.07, 6.45) is 1.17. The molecule has 2 aromatic rings. The van der Waals surface area contributed by atoms with E-state index in [1.165, 1.54) is 30.5 Å². The van der Waals surface area contributed by atoms with Gasteiger partial charge in [-0.3, -0.25) is 14.3 Å². The van der Waals surface area contributed by atoms with Gasteiger partial charge in [-0.2, -0.15) is 5.10 Å². The molecule has 6 nitrogen and oxygen atoms in total. The zero-order chi connectivity index (χ0) is 18.8. The number of hydrogen-bond donors (Lipinski definition) is 2. The van der Waals surface area contributed by atoms with Crippen molar-refractivity contribution in [3.63, 3.8) is 0 Å². The Morgan fingerprint density at radius 2 is 1.88 bits per heavy atom. The van der Waals surface area contributed by atoms with Gasteiger partial charge in [0.15, 0.2) is 0 Å². The van der Waals surface area contributed by atoms with Crippen LogP contribution in [-0.4, -0.2) is 26.8 Å². The molecule has 25 heavy (non-hydrogen) atoms. The molecule has 1 atom stereocenters. The Balaban J connectivity index is 2.27. The third kappa shape index (κ3) is 4.43. The standard InChI is InChI=1S/C18H22FN3O3/c1-11-14(10-20-22(11)18(2,3)4)17(25)21-15(9-16(23)24)12-5-7-13(19)8-6-12/h5-8,10,15H,9H2,1-4H3,(H,21,25)(H,23,24). The summed E-state index contributed by atoms with van der Waals surface area (Å²) in [5.74, 6) is -1.90. The van der Waals surface area contributed by atoms with Crippen LogP contribution >= 0.6 is 0 Å². The van der Waals surface area contributed by atoms with Crippen molar-refractivity contribution in [3.05, 3.63) is 53.1 Å². The van der Waals surface area contributed by atoms with Crippen LogP contribution in [0.3, 0.4) is 0 Å². The molecule has 0 saturated carbocycles. The first-order chi connectivity index (χ1) is 11.6. The van der Waals surface area contributed by atoms with Crippen molar-refractivity contribution < 1.29 is 19.1 Å². The van der Waals surface area contributed by atoms with Gasteiger partial charge in [0.05, 0.1) is 29.8 Å². The van der Waals surface area contributed by atoms with E-state index in [2.05, 4.69) is 10.4 Å². The summed E-state index contributed by atoms with van der Waals surface area (Å²) in [6, 6.07) is 4.64. The van der Waals surface area contributed by atoms with Crippen molar-refractivity contribution in [2.24, 2.45) is 0 Å². The minimum Gasteiger partial charge on any atom is -0.481 e. The van der Waals surface area contributed by atoms with Crippen LogP contribution in [0.1, 0.15) is 54.8 Å². The number of amides is 1. The predicted octanol–water partition coefficient (Wildman–Crippen LogP) is 3.03. The molecule has 1 aromatic carbocycles. The number of carbonyl (C=O) groups is 2. The first kappa shape index (κ1) is 18.6. The molecule has 2 rings (SSSR count). The van der Waals surface area contributed by atoms with E-state index in [9.17, 15) is 14.0 Å². The molecule has 0 bridgehead atoms. The molecule has 0 saturated heterocycles. The average molecular weight is 347 g/mol. The van der Waals surface area contributed by atoms with Gasteiger partial charge >= 0.3 is 5.97 Å². The molecular weight excluding hydrogens is 325 g/mol. The van der Waals surface area contributed by atoms with E-state index < -0.39 is 23.7 Å². The summed E-state index contributed by atoms with van der Waals surface area (Å²) in [6.45, 7) is 7.71. The number of aromatic nitrogens is 2. The van der Waals surface area contributed by atoms with Gasteiger partial charge in [0, 0.05) is 5.69 Å². The highest BCUT2D eigenvalue weighted by Crippen LogP contribution is 2.21. The molecule has 1 heterocycles. The molecule has 1 amide bonds. The fourth-order valence-electron chi connectivity index (χ4n) is 2.67. The lowest BCUT2D eigenvalue weighted by molar-refractivity contribution is -0.137. The van der Waals surface area contributed by atoms with Crippen LogP contribution < -0.4 is 5.32 Å². The molecule has 0 aliphatic heterocycles. The highest BCUT2D eigenvalue weighted by Gasteiger charge is 2.24. The lowest BCUT2D eigenvalue weighted by atomic mass is 10.0. The first-order valence-corrected chi connectivity index (χ1v) is 7.93. The smallest absolute Gasteiger partial charge is 0.305 e. The molecule has 0 aliphatic carbocycles. The molecule has 7 heteroatoms. The van der Waals surface area contributed by atoms with Crippen LogP contribution in [0.15, 0.2) is 30.5 Å². The zero-order valence-corrected chi connectivity index (χ0v) is 14.7. The molecule has 134 valence electrons. The summed E-state index contributed by atoms with van der Waals surface area (Å²) in [4.78, 5) is 23.7. The van der Waals surface area contributed by atoms with Crippen LogP contribution in [0.2, 0.25) is 0 Å². The van der Waals surface area contributed by atoms with Crippen molar-refractivity contribution in [2.45, 2.75) is 45.7 Å². The van der Waals surface area contributed by atoms with E-state index in [0.717, 1.165) is 0 Å². The first-order valence-electron chi connectivity index (χ1n) is 7.93. The summed E-state index contributed by atoms with van der Waals surface area (Å²) in [5, 5.41) is 16.1. The average Bonchev–Trinajstić information content (AvgIpc) is 2.88. The van der Waals surface area contributed by atoms with Crippen LogP contribution in [-0.2, 0) is 10.3 Å². The number of carbonyl (C=O) groups excluding carboxylic acids is 1. The second-order valence-electron chi connectivity index (χ2n) is 6.90. The Labute approximate surface area is 145 Å². The zero-order valence-electron chi connectivity index (χ0n) is 14.7. The maximum atomic E-state index is 13.1. The van der Waals surface area contributed by atoms with Gasteiger partial charge in [-0.25, -0.2) is 4.39 Å². The molecular formula is C18H22FN3O3. The second-order valence-corrected chi connectivity index (χ2v) is 6.90. The number of halogens is 1. The van der Waals surface area contributed by atoms with Gasteiger partial charge in [-0.05, 0) is 45.4 Å². The largest absolute Gasteiger partial charge is 0.481 e. The van der Waals surface area contributed by atoms with E-state index in [1.54, 1.807) is 11.6 Å². The Morgan fingerprint density at radius 3 is 2.36 bits per heavy atom. The number of carboxylic acids is 1. The molecule has 2 N–H and O–H groups in total. The molecule has 1 aromatic heterocycles. The SMILES string of the molecule is Cc1c(C(=O)NC(CC(=O)O)c2ccc(F)cc2)cnn1C(C)(C)C. The molecule has 1 unspecified atom stereocenters. The van der Waals surface area contributed by atoms with Crippen molar-refractivity contribution in [1.29, 1.82) is 0 Å². The maximum absolute atomic E-state index is 13.1. The fourth-order valence-corrected chi connectivity index (χ4v) is 2.67. The Morgan fingerprint density at radius 1 is 1.28 bits per heavy atom. The highest BCUT2D eigenvalue weighted by molar-refractivity contribution is 5.95. The predicted molar refractivity (Wildman–Crippen MR) is 90.8 cm³/mol. The molecule has 0 aliphatic rings.